The van der Waals surface area contributed by atoms with E-state index in [0.29, 0.717) is 0 Å². The second kappa shape index (κ2) is 5.79. The molecule has 2 aromatic heterocycles. The number of hydrogen-bond acceptors (Lipinski definition) is 4. The van der Waals surface area contributed by atoms with Crippen LogP contribution in [-0.2, 0) is 0 Å². The Labute approximate surface area is 131 Å². The number of carbonyl (C=O) groups is 1. The van der Waals surface area contributed by atoms with Gasteiger partial charge in [-0.05, 0) is 38.1 Å². The number of aromatic nitrogens is 1. The molecule has 0 aliphatic carbocycles. The Morgan fingerprint density at radius 1 is 1.10 bits per heavy atom. The molecule has 2 heterocycles. The predicted molar refractivity (Wildman–Crippen MR) is 89.3 cm³/mol. The first-order valence-corrected chi connectivity index (χ1v) is 8.22. The van der Waals surface area contributed by atoms with Crippen LogP contribution in [0.2, 0.25) is 0 Å². The molecule has 3 nitrogen and oxygen atoms in total. The second-order valence-corrected chi connectivity index (χ2v) is 7.04. The summed E-state index contributed by atoms with van der Waals surface area (Å²) < 4.78 is 0. The second-order valence-electron chi connectivity index (χ2n) is 4.69. The first kappa shape index (κ1) is 14.0. The van der Waals surface area contributed by atoms with E-state index >= 15 is 0 Å². The number of carbonyl (C=O) groups excluding carboxylic acids is 1. The van der Waals surface area contributed by atoms with E-state index in [0.717, 1.165) is 31.7 Å². The highest BCUT2D eigenvalue weighted by Crippen LogP contribution is 2.23. The summed E-state index contributed by atoms with van der Waals surface area (Å²) in [7, 11) is 0. The Morgan fingerprint density at radius 3 is 2.43 bits per heavy atom. The number of thiazole rings is 1. The van der Waals surface area contributed by atoms with Gasteiger partial charge in [0.15, 0.2) is 0 Å². The van der Waals surface area contributed by atoms with Crippen LogP contribution in [0.1, 0.15) is 19.6 Å². The maximum Gasteiger partial charge on any atom is 0.265 e. The Hall–Kier alpha value is -1.98. The van der Waals surface area contributed by atoms with Crippen LogP contribution in [0.15, 0.2) is 41.8 Å². The van der Waals surface area contributed by atoms with Crippen molar-refractivity contribution < 1.29 is 4.79 Å². The van der Waals surface area contributed by atoms with Crippen LogP contribution >= 0.6 is 22.7 Å². The number of benzene rings is 1. The van der Waals surface area contributed by atoms with Gasteiger partial charge in [0.05, 0.1) is 15.6 Å². The van der Waals surface area contributed by atoms with Crippen LogP contribution in [0.3, 0.4) is 0 Å². The molecule has 0 saturated heterocycles. The summed E-state index contributed by atoms with van der Waals surface area (Å²) in [5, 5.41) is 6.00. The molecule has 1 aromatic carbocycles. The van der Waals surface area contributed by atoms with E-state index in [-0.39, 0.29) is 5.91 Å². The smallest absolute Gasteiger partial charge is 0.265 e. The molecule has 0 unspecified atom stereocenters. The van der Waals surface area contributed by atoms with Gasteiger partial charge in [-0.25, -0.2) is 4.98 Å². The Kier molecular flexibility index (Phi) is 3.86. The lowest BCUT2D eigenvalue weighted by molar-refractivity contribution is 0.103. The number of aryl methyl sites for hydroxylation is 2. The number of anilines is 1. The fourth-order valence-electron chi connectivity index (χ4n) is 1.97. The van der Waals surface area contributed by atoms with Crippen molar-refractivity contribution in [2.24, 2.45) is 0 Å². The highest BCUT2D eigenvalue weighted by atomic mass is 32.1. The van der Waals surface area contributed by atoms with E-state index in [9.17, 15) is 4.79 Å². The minimum Gasteiger partial charge on any atom is -0.321 e. The predicted octanol–water partition coefficient (Wildman–Crippen LogP) is 4.74. The Bertz CT molecular complexity index is 772. The molecule has 3 rings (SSSR count). The monoisotopic (exact) mass is 314 g/mol. The van der Waals surface area contributed by atoms with Crippen molar-refractivity contribution in [3.8, 4) is 11.3 Å². The number of rotatable bonds is 3. The van der Waals surface area contributed by atoms with Gasteiger partial charge in [0.2, 0.25) is 0 Å². The fourth-order valence-corrected chi connectivity index (χ4v) is 3.35. The molecular weight excluding hydrogens is 300 g/mol. The van der Waals surface area contributed by atoms with Crippen molar-refractivity contribution in [1.29, 1.82) is 0 Å². The molecule has 0 spiro atoms. The minimum absolute atomic E-state index is 0.0645. The van der Waals surface area contributed by atoms with E-state index in [4.69, 9.17) is 0 Å². The van der Waals surface area contributed by atoms with E-state index in [1.54, 1.807) is 11.3 Å². The highest BCUT2D eigenvalue weighted by molar-refractivity contribution is 7.14. The molecule has 21 heavy (non-hydrogen) atoms. The van der Waals surface area contributed by atoms with Crippen LogP contribution in [0.25, 0.3) is 11.3 Å². The van der Waals surface area contributed by atoms with E-state index in [1.807, 2.05) is 55.6 Å². The van der Waals surface area contributed by atoms with Crippen LogP contribution in [0.5, 0.6) is 0 Å². The maximum atomic E-state index is 12.1. The lowest BCUT2D eigenvalue weighted by atomic mass is 10.1. The lowest BCUT2D eigenvalue weighted by Gasteiger charge is -2.04. The summed E-state index contributed by atoms with van der Waals surface area (Å²) in [6, 6.07) is 11.6. The standard InChI is InChI=1S/C16H14N2OS2/c1-10-3-8-15(21-10)16(19)18-13-6-4-12(5-7-13)14-9-20-11(2)17-14/h3-9H,1-2H3,(H,18,19). The van der Waals surface area contributed by atoms with Crippen molar-refractivity contribution in [2.45, 2.75) is 13.8 Å². The molecule has 3 aromatic rings. The van der Waals surface area contributed by atoms with Gasteiger partial charge >= 0.3 is 0 Å². The first-order valence-electron chi connectivity index (χ1n) is 6.52. The normalized spacial score (nSPS) is 10.6. The fraction of sp³-hybridized carbons (Fsp3) is 0.125. The van der Waals surface area contributed by atoms with Gasteiger partial charge in [-0.2, -0.15) is 0 Å². The summed E-state index contributed by atoms with van der Waals surface area (Å²) in [5.41, 5.74) is 2.83. The van der Waals surface area contributed by atoms with Gasteiger partial charge in [0.25, 0.3) is 5.91 Å². The molecule has 0 saturated carbocycles. The van der Waals surface area contributed by atoms with Gasteiger partial charge in [0.1, 0.15) is 0 Å². The average Bonchev–Trinajstić information content (AvgIpc) is 3.08. The van der Waals surface area contributed by atoms with Crippen molar-refractivity contribution in [2.75, 3.05) is 5.32 Å². The van der Waals surface area contributed by atoms with Gasteiger partial charge < -0.3 is 5.32 Å². The lowest BCUT2D eigenvalue weighted by Crippen LogP contribution is -2.09. The largest absolute Gasteiger partial charge is 0.321 e. The van der Waals surface area contributed by atoms with Crippen molar-refractivity contribution in [3.63, 3.8) is 0 Å². The van der Waals surface area contributed by atoms with Gasteiger partial charge in [-0.3, -0.25) is 4.79 Å². The number of nitrogens with zero attached hydrogens (tertiary/aromatic N) is 1. The Balaban J connectivity index is 1.74. The summed E-state index contributed by atoms with van der Waals surface area (Å²) in [6.45, 7) is 3.98. The Morgan fingerprint density at radius 2 is 1.86 bits per heavy atom. The SMILES string of the molecule is Cc1ccc(C(=O)Nc2ccc(-c3csc(C)n3)cc2)s1. The third-order valence-corrected chi connectivity index (χ3v) is 4.79. The summed E-state index contributed by atoms with van der Waals surface area (Å²) in [5.74, 6) is -0.0645. The van der Waals surface area contributed by atoms with Crippen LogP contribution < -0.4 is 5.32 Å². The molecule has 1 N–H and O–H groups in total. The molecule has 0 aliphatic rings. The molecule has 0 bridgehead atoms. The average molecular weight is 314 g/mol. The number of thiophene rings is 1. The van der Waals surface area contributed by atoms with Gasteiger partial charge in [-0.1, -0.05) is 12.1 Å². The topological polar surface area (TPSA) is 42.0 Å². The van der Waals surface area contributed by atoms with Crippen molar-refractivity contribution in [1.82, 2.24) is 4.98 Å². The van der Waals surface area contributed by atoms with Crippen LogP contribution in [0.4, 0.5) is 5.69 Å². The molecule has 5 heteroatoms. The number of hydrogen-bond donors (Lipinski definition) is 1. The van der Waals surface area contributed by atoms with Crippen molar-refractivity contribution in [3.05, 3.63) is 56.5 Å². The zero-order valence-corrected chi connectivity index (χ0v) is 13.3. The third kappa shape index (κ3) is 3.20. The van der Waals surface area contributed by atoms with E-state index in [1.165, 1.54) is 11.3 Å². The number of amides is 1. The zero-order chi connectivity index (χ0) is 14.8. The molecule has 0 atom stereocenters. The molecule has 106 valence electrons. The summed E-state index contributed by atoms with van der Waals surface area (Å²) in [6.07, 6.45) is 0. The third-order valence-electron chi connectivity index (χ3n) is 3.02. The highest BCUT2D eigenvalue weighted by Gasteiger charge is 2.08. The number of nitrogens with one attached hydrogen (secondary N) is 1. The van der Waals surface area contributed by atoms with Crippen LogP contribution in [0, 0.1) is 13.8 Å². The maximum absolute atomic E-state index is 12.1. The molecule has 0 radical (unpaired) electrons. The van der Waals surface area contributed by atoms with Crippen molar-refractivity contribution >= 4 is 34.3 Å². The van der Waals surface area contributed by atoms with E-state index in [2.05, 4.69) is 10.3 Å². The molecular formula is C16H14N2OS2. The first-order chi connectivity index (χ1) is 10.1. The van der Waals surface area contributed by atoms with Gasteiger partial charge in [0, 0.05) is 21.5 Å². The molecule has 0 fully saturated rings. The molecule has 0 aliphatic heterocycles. The summed E-state index contributed by atoms with van der Waals surface area (Å²) >= 11 is 3.13. The zero-order valence-electron chi connectivity index (χ0n) is 11.7. The minimum atomic E-state index is -0.0645. The molecule has 1 amide bonds. The van der Waals surface area contributed by atoms with E-state index < -0.39 is 0 Å². The quantitative estimate of drug-likeness (QED) is 0.758. The summed E-state index contributed by atoms with van der Waals surface area (Å²) in [4.78, 5) is 18.4. The van der Waals surface area contributed by atoms with Crippen LogP contribution in [-0.4, -0.2) is 10.9 Å². The van der Waals surface area contributed by atoms with Gasteiger partial charge in [-0.15, -0.1) is 22.7 Å².